The zero-order valence-corrected chi connectivity index (χ0v) is 32.7. The molecule has 0 spiro atoms. The molecule has 0 aliphatic heterocycles. The first-order valence-corrected chi connectivity index (χ1v) is 20.9. The summed E-state index contributed by atoms with van der Waals surface area (Å²) in [5.41, 5.74) is 0. The van der Waals surface area contributed by atoms with Gasteiger partial charge in [0.15, 0.2) is 0 Å². The molecule has 0 radical (unpaired) electrons. The summed E-state index contributed by atoms with van der Waals surface area (Å²) in [5, 5.41) is 18.3. The van der Waals surface area contributed by atoms with Crippen molar-refractivity contribution in [3.05, 3.63) is 72.9 Å². The third-order valence-corrected chi connectivity index (χ3v) is 8.58. The SMILES string of the molecule is CC/C=C\C/C=C\C/C=C\C/C=C\CCCCC(=O)OC(COCCCCCCCC/C=C\C/C=C\CCCC)COP(=O)(O)OCC(O)CO. The van der Waals surface area contributed by atoms with E-state index >= 15 is 0 Å². The molecular weight excluding hydrogens is 667 g/mol. The third kappa shape index (κ3) is 37.5. The molecule has 0 aliphatic carbocycles. The van der Waals surface area contributed by atoms with Gasteiger partial charge in [0, 0.05) is 13.0 Å². The molecule has 0 amide bonds. The predicted octanol–water partition coefficient (Wildman–Crippen LogP) is 10.2. The van der Waals surface area contributed by atoms with E-state index in [4.69, 9.17) is 23.6 Å². The first kappa shape index (κ1) is 48.9. The Morgan fingerprint density at radius 3 is 1.69 bits per heavy atom. The fraction of sp³-hybridized carbons (Fsp3) is 0.683. The molecule has 51 heavy (non-hydrogen) atoms. The van der Waals surface area contributed by atoms with Gasteiger partial charge in [0.2, 0.25) is 0 Å². The molecule has 10 heteroatoms. The normalized spacial score (nSPS) is 15.0. The van der Waals surface area contributed by atoms with Crippen LogP contribution in [0.3, 0.4) is 0 Å². The maximum absolute atomic E-state index is 12.5. The Hall–Kier alpha value is -2.10. The Morgan fingerprint density at radius 1 is 0.627 bits per heavy atom. The Bertz CT molecular complexity index is 1020. The maximum atomic E-state index is 12.5. The van der Waals surface area contributed by atoms with E-state index in [1.807, 2.05) is 0 Å². The number of phosphoric acid groups is 1. The molecular formula is C41H71O9P. The fourth-order valence-corrected chi connectivity index (χ4v) is 5.44. The number of aliphatic hydroxyl groups is 2. The molecule has 294 valence electrons. The van der Waals surface area contributed by atoms with Gasteiger partial charge >= 0.3 is 13.8 Å². The number of aliphatic hydroxyl groups excluding tert-OH is 2. The predicted molar refractivity (Wildman–Crippen MR) is 209 cm³/mol. The number of ether oxygens (including phenoxy) is 2. The van der Waals surface area contributed by atoms with E-state index in [0.29, 0.717) is 13.0 Å². The minimum atomic E-state index is -4.53. The molecule has 0 fully saturated rings. The van der Waals surface area contributed by atoms with E-state index in [-0.39, 0.29) is 13.0 Å². The van der Waals surface area contributed by atoms with Gasteiger partial charge in [-0.2, -0.15) is 0 Å². The van der Waals surface area contributed by atoms with E-state index in [2.05, 4.69) is 86.8 Å². The van der Waals surface area contributed by atoms with Crippen molar-refractivity contribution in [2.75, 3.05) is 33.0 Å². The van der Waals surface area contributed by atoms with Gasteiger partial charge in [-0.05, 0) is 77.0 Å². The Kier molecular flexibility index (Phi) is 36.1. The minimum absolute atomic E-state index is 0.0209. The molecule has 0 heterocycles. The fourth-order valence-electron chi connectivity index (χ4n) is 4.65. The Balaban J connectivity index is 4.34. The van der Waals surface area contributed by atoms with Gasteiger partial charge < -0.3 is 24.6 Å². The van der Waals surface area contributed by atoms with Crippen LogP contribution in [0.25, 0.3) is 0 Å². The second-order valence-electron chi connectivity index (χ2n) is 12.6. The number of phosphoric ester groups is 1. The van der Waals surface area contributed by atoms with Crippen molar-refractivity contribution in [3.63, 3.8) is 0 Å². The number of esters is 1. The van der Waals surface area contributed by atoms with E-state index in [0.717, 1.165) is 70.6 Å². The Labute approximate surface area is 310 Å². The van der Waals surface area contributed by atoms with Gasteiger partial charge in [-0.3, -0.25) is 13.8 Å². The minimum Gasteiger partial charge on any atom is -0.457 e. The van der Waals surface area contributed by atoms with E-state index in [1.54, 1.807) is 0 Å². The molecule has 0 aromatic carbocycles. The van der Waals surface area contributed by atoms with Crippen molar-refractivity contribution in [1.82, 2.24) is 0 Å². The highest BCUT2D eigenvalue weighted by Gasteiger charge is 2.26. The topological polar surface area (TPSA) is 132 Å². The lowest BCUT2D eigenvalue weighted by Gasteiger charge is -2.20. The number of hydrogen-bond acceptors (Lipinski definition) is 8. The summed E-state index contributed by atoms with van der Waals surface area (Å²) in [6, 6.07) is 0. The summed E-state index contributed by atoms with van der Waals surface area (Å²) < 4.78 is 33.2. The van der Waals surface area contributed by atoms with Gasteiger partial charge in [0.25, 0.3) is 0 Å². The standard InChI is InChI=1S/C41H71O9P/c1-3-5-7-9-11-13-15-17-19-21-23-25-27-29-31-33-41(44)50-40(38-49-51(45,46)48-36-39(43)35-42)37-47-34-32-30-28-26-24-22-20-18-16-14-12-10-8-6-4-2/h5,7,10-13,16-19,23,25,39-40,42-43H,3-4,6,8-9,14-15,20-22,24,26-38H2,1-2H3,(H,45,46)/b7-5-,12-10-,13-11-,18-16-,19-17-,25-23-. The van der Waals surface area contributed by atoms with Crippen LogP contribution in [0.2, 0.25) is 0 Å². The lowest BCUT2D eigenvalue weighted by Crippen LogP contribution is -2.29. The first-order valence-electron chi connectivity index (χ1n) is 19.4. The van der Waals surface area contributed by atoms with Crippen molar-refractivity contribution in [1.29, 1.82) is 0 Å². The molecule has 0 aromatic heterocycles. The molecule has 0 bridgehead atoms. The summed E-state index contributed by atoms with van der Waals surface area (Å²) in [4.78, 5) is 22.5. The van der Waals surface area contributed by atoms with Crippen molar-refractivity contribution < 1.29 is 43.0 Å². The zero-order valence-electron chi connectivity index (χ0n) is 31.8. The molecule has 3 unspecified atom stereocenters. The van der Waals surface area contributed by atoms with Gasteiger partial charge in [-0.25, -0.2) is 4.57 Å². The number of rotatable bonds is 36. The molecule has 0 aliphatic rings. The van der Waals surface area contributed by atoms with Crippen LogP contribution >= 0.6 is 7.82 Å². The maximum Gasteiger partial charge on any atom is 0.472 e. The highest BCUT2D eigenvalue weighted by Crippen LogP contribution is 2.43. The first-order chi connectivity index (χ1) is 24.8. The number of hydrogen-bond donors (Lipinski definition) is 3. The smallest absolute Gasteiger partial charge is 0.457 e. The molecule has 3 atom stereocenters. The van der Waals surface area contributed by atoms with Gasteiger partial charge in [0.1, 0.15) is 12.2 Å². The quantitative estimate of drug-likeness (QED) is 0.0249. The molecule has 0 rings (SSSR count). The zero-order chi connectivity index (χ0) is 37.5. The third-order valence-electron chi connectivity index (χ3n) is 7.63. The van der Waals surface area contributed by atoms with E-state index in [9.17, 15) is 19.4 Å². The molecule has 3 N–H and O–H groups in total. The van der Waals surface area contributed by atoms with Gasteiger partial charge in [-0.1, -0.05) is 125 Å². The van der Waals surface area contributed by atoms with Crippen LogP contribution in [-0.2, 0) is 27.9 Å². The molecule has 0 saturated carbocycles. The van der Waals surface area contributed by atoms with Crippen molar-refractivity contribution in [2.24, 2.45) is 0 Å². The second kappa shape index (κ2) is 37.7. The van der Waals surface area contributed by atoms with Crippen molar-refractivity contribution in [3.8, 4) is 0 Å². The van der Waals surface area contributed by atoms with Crippen LogP contribution in [0.1, 0.15) is 136 Å². The van der Waals surface area contributed by atoms with Crippen molar-refractivity contribution >= 4 is 13.8 Å². The molecule has 0 aromatic rings. The van der Waals surface area contributed by atoms with Crippen LogP contribution in [0.15, 0.2) is 72.9 Å². The van der Waals surface area contributed by atoms with E-state index in [1.165, 1.54) is 38.5 Å². The van der Waals surface area contributed by atoms with Crippen LogP contribution in [-0.4, -0.2) is 66.3 Å². The van der Waals surface area contributed by atoms with Gasteiger partial charge in [-0.15, -0.1) is 0 Å². The molecule has 0 saturated heterocycles. The van der Waals surface area contributed by atoms with Crippen LogP contribution in [0.4, 0.5) is 0 Å². The highest BCUT2D eigenvalue weighted by atomic mass is 31.2. The van der Waals surface area contributed by atoms with Crippen molar-refractivity contribution in [2.45, 2.75) is 148 Å². The Morgan fingerprint density at radius 2 is 1.12 bits per heavy atom. The number of allylic oxidation sites excluding steroid dienone is 12. The second-order valence-corrected chi connectivity index (χ2v) is 14.0. The molecule has 9 nitrogen and oxygen atoms in total. The average Bonchev–Trinajstić information content (AvgIpc) is 3.12. The lowest BCUT2D eigenvalue weighted by atomic mass is 10.1. The number of carbonyl (C=O) groups excluding carboxylic acids is 1. The summed E-state index contributed by atoms with van der Waals surface area (Å²) in [5.74, 6) is -0.431. The summed E-state index contributed by atoms with van der Waals surface area (Å²) in [6.45, 7) is 3.25. The highest BCUT2D eigenvalue weighted by molar-refractivity contribution is 7.47. The lowest BCUT2D eigenvalue weighted by molar-refractivity contribution is -0.154. The summed E-state index contributed by atoms with van der Waals surface area (Å²) in [7, 11) is -4.53. The summed E-state index contributed by atoms with van der Waals surface area (Å²) in [6.07, 6.45) is 42.9. The number of unbranched alkanes of at least 4 members (excludes halogenated alkanes) is 10. The number of carbonyl (C=O) groups is 1. The van der Waals surface area contributed by atoms with Crippen LogP contribution < -0.4 is 0 Å². The largest absolute Gasteiger partial charge is 0.472 e. The monoisotopic (exact) mass is 738 g/mol. The summed E-state index contributed by atoms with van der Waals surface area (Å²) >= 11 is 0. The van der Waals surface area contributed by atoms with Gasteiger partial charge in [0.05, 0.1) is 26.4 Å². The average molecular weight is 739 g/mol. The van der Waals surface area contributed by atoms with E-state index < -0.39 is 45.8 Å². The van der Waals surface area contributed by atoms with Crippen LogP contribution in [0, 0.1) is 0 Å². The van der Waals surface area contributed by atoms with Crippen LogP contribution in [0.5, 0.6) is 0 Å².